The predicted octanol–water partition coefficient (Wildman–Crippen LogP) is 5.92. The second kappa shape index (κ2) is 8.98. The molecule has 2 N–H and O–H groups in total. The molecule has 0 radical (unpaired) electrons. The van der Waals surface area contributed by atoms with Gasteiger partial charge in [-0.15, -0.1) is 0 Å². The van der Waals surface area contributed by atoms with Crippen LogP contribution in [0, 0.1) is 5.82 Å². The Morgan fingerprint density at radius 2 is 1.87 bits per heavy atom. The van der Waals surface area contributed by atoms with Gasteiger partial charge in [-0.1, -0.05) is 34.1 Å². The fourth-order valence-corrected chi connectivity index (χ4v) is 4.03. The van der Waals surface area contributed by atoms with Gasteiger partial charge in [0.2, 0.25) is 0 Å². The maximum absolute atomic E-state index is 14.5. The number of phenols is 1. The van der Waals surface area contributed by atoms with Gasteiger partial charge in [0, 0.05) is 33.8 Å². The van der Waals surface area contributed by atoms with Crippen LogP contribution in [0.5, 0.6) is 11.5 Å². The number of aromatic hydroxyl groups is 1. The van der Waals surface area contributed by atoms with Gasteiger partial charge in [0.25, 0.3) is 0 Å². The summed E-state index contributed by atoms with van der Waals surface area (Å²) in [4.78, 5) is 4.82. The highest BCUT2D eigenvalue weighted by Crippen LogP contribution is 2.36. The van der Waals surface area contributed by atoms with E-state index in [9.17, 15) is 9.50 Å². The van der Waals surface area contributed by atoms with Crippen LogP contribution in [-0.4, -0.2) is 17.4 Å². The number of aliphatic imine (C=N–C) groups is 1. The minimum absolute atomic E-state index is 0.191. The Balaban J connectivity index is 1.75. The van der Waals surface area contributed by atoms with Crippen LogP contribution < -0.4 is 10.1 Å². The summed E-state index contributed by atoms with van der Waals surface area (Å²) in [5.74, 6) is 0.669. The van der Waals surface area contributed by atoms with Crippen LogP contribution >= 0.6 is 15.9 Å². The molecule has 0 fully saturated rings. The second-order valence-corrected chi connectivity index (χ2v) is 8.00. The SMILES string of the molecule is CCOc1ccc(C2=NC(c3ccccc3F)NC(c3cc(Br)ccc3O)C2)cc1. The summed E-state index contributed by atoms with van der Waals surface area (Å²) in [6.07, 6.45) is -0.00643. The summed E-state index contributed by atoms with van der Waals surface area (Å²) in [6, 6.07) is 19.5. The molecule has 2 unspecified atom stereocenters. The van der Waals surface area contributed by atoms with Crippen molar-refractivity contribution in [3.05, 3.63) is 93.7 Å². The van der Waals surface area contributed by atoms with Gasteiger partial charge in [-0.25, -0.2) is 4.39 Å². The molecule has 4 nitrogen and oxygen atoms in total. The number of benzene rings is 3. The van der Waals surface area contributed by atoms with Gasteiger partial charge >= 0.3 is 0 Å². The summed E-state index contributed by atoms with van der Waals surface area (Å²) in [6.45, 7) is 2.54. The van der Waals surface area contributed by atoms with Gasteiger partial charge in [-0.2, -0.15) is 0 Å². The van der Waals surface area contributed by atoms with Crippen molar-refractivity contribution in [3.63, 3.8) is 0 Å². The van der Waals surface area contributed by atoms with Crippen LogP contribution in [-0.2, 0) is 0 Å². The van der Waals surface area contributed by atoms with Gasteiger partial charge in [-0.3, -0.25) is 10.3 Å². The number of ether oxygens (including phenoxy) is 1. The van der Waals surface area contributed by atoms with Gasteiger partial charge in [-0.05, 0) is 61.0 Å². The van der Waals surface area contributed by atoms with Crippen molar-refractivity contribution in [2.45, 2.75) is 25.6 Å². The lowest BCUT2D eigenvalue weighted by Gasteiger charge is -2.31. The van der Waals surface area contributed by atoms with E-state index in [0.29, 0.717) is 18.6 Å². The van der Waals surface area contributed by atoms with E-state index in [2.05, 4.69) is 21.2 Å². The second-order valence-electron chi connectivity index (χ2n) is 7.08. The zero-order valence-electron chi connectivity index (χ0n) is 16.5. The fourth-order valence-electron chi connectivity index (χ4n) is 3.65. The molecule has 3 aromatic rings. The number of hydrogen-bond donors (Lipinski definition) is 2. The summed E-state index contributed by atoms with van der Waals surface area (Å²) in [5, 5.41) is 13.9. The average molecular weight is 469 g/mol. The zero-order valence-corrected chi connectivity index (χ0v) is 18.1. The van der Waals surface area contributed by atoms with Crippen molar-refractivity contribution in [2.75, 3.05) is 6.61 Å². The normalized spacial score (nSPS) is 18.7. The molecule has 1 heterocycles. The lowest BCUT2D eigenvalue weighted by Crippen LogP contribution is -2.33. The van der Waals surface area contributed by atoms with Crippen molar-refractivity contribution >= 4 is 21.6 Å². The zero-order chi connectivity index (χ0) is 21.1. The Hall–Kier alpha value is -2.70. The molecule has 0 aliphatic carbocycles. The van der Waals surface area contributed by atoms with Crippen LogP contribution in [0.2, 0.25) is 0 Å². The quantitative estimate of drug-likeness (QED) is 0.488. The maximum Gasteiger partial charge on any atom is 0.129 e. The molecule has 6 heteroatoms. The van der Waals surface area contributed by atoms with Crippen LogP contribution in [0.1, 0.15) is 42.2 Å². The highest BCUT2D eigenvalue weighted by molar-refractivity contribution is 9.10. The van der Waals surface area contributed by atoms with Crippen molar-refractivity contribution in [3.8, 4) is 11.5 Å². The lowest BCUT2D eigenvalue weighted by atomic mass is 9.93. The first-order chi connectivity index (χ1) is 14.5. The molecule has 0 bridgehead atoms. The molecule has 4 rings (SSSR count). The average Bonchev–Trinajstić information content (AvgIpc) is 2.76. The van der Waals surface area contributed by atoms with Crippen LogP contribution in [0.15, 0.2) is 76.2 Å². The van der Waals surface area contributed by atoms with Gasteiger partial charge < -0.3 is 9.84 Å². The summed E-state index contributed by atoms with van der Waals surface area (Å²) in [7, 11) is 0. The fraction of sp³-hybridized carbons (Fsp3) is 0.208. The van der Waals surface area contributed by atoms with Crippen molar-refractivity contribution in [1.82, 2.24) is 5.32 Å². The van der Waals surface area contributed by atoms with Crippen molar-refractivity contribution in [1.29, 1.82) is 0 Å². The van der Waals surface area contributed by atoms with E-state index in [1.165, 1.54) is 6.07 Å². The monoisotopic (exact) mass is 468 g/mol. The number of nitrogens with one attached hydrogen (secondary N) is 1. The van der Waals surface area contributed by atoms with E-state index in [4.69, 9.17) is 9.73 Å². The molecule has 3 aromatic carbocycles. The maximum atomic E-state index is 14.5. The lowest BCUT2D eigenvalue weighted by molar-refractivity contribution is 0.340. The Morgan fingerprint density at radius 3 is 2.60 bits per heavy atom. The Morgan fingerprint density at radius 1 is 1.10 bits per heavy atom. The minimum atomic E-state index is -0.565. The third-order valence-electron chi connectivity index (χ3n) is 5.10. The van der Waals surface area contributed by atoms with Crippen molar-refractivity contribution in [2.24, 2.45) is 4.99 Å². The molecule has 30 heavy (non-hydrogen) atoms. The smallest absolute Gasteiger partial charge is 0.129 e. The van der Waals surface area contributed by atoms with Crippen molar-refractivity contribution < 1.29 is 14.2 Å². The third kappa shape index (κ3) is 4.40. The van der Waals surface area contributed by atoms with E-state index >= 15 is 0 Å². The molecule has 2 atom stereocenters. The molecule has 0 saturated heterocycles. The molecule has 154 valence electrons. The molecule has 1 aliphatic heterocycles. The first-order valence-corrected chi connectivity index (χ1v) is 10.6. The Labute approximate surface area is 183 Å². The summed E-state index contributed by atoms with van der Waals surface area (Å²) >= 11 is 3.47. The highest BCUT2D eigenvalue weighted by Gasteiger charge is 2.29. The summed E-state index contributed by atoms with van der Waals surface area (Å²) in [5.41, 5.74) is 3.00. The molecule has 0 amide bonds. The van der Waals surface area contributed by atoms with E-state index in [1.54, 1.807) is 30.3 Å². The largest absolute Gasteiger partial charge is 0.508 e. The van der Waals surface area contributed by atoms with E-state index in [1.807, 2.05) is 37.3 Å². The van der Waals surface area contributed by atoms with E-state index < -0.39 is 6.17 Å². The highest BCUT2D eigenvalue weighted by atomic mass is 79.9. The van der Waals surface area contributed by atoms with E-state index in [-0.39, 0.29) is 17.6 Å². The predicted molar refractivity (Wildman–Crippen MR) is 120 cm³/mol. The number of nitrogens with zero attached hydrogens (tertiary/aromatic N) is 1. The Kier molecular flexibility index (Phi) is 6.16. The topological polar surface area (TPSA) is 53.8 Å². The first-order valence-electron chi connectivity index (χ1n) is 9.84. The number of halogens is 2. The van der Waals surface area contributed by atoms with Gasteiger partial charge in [0.05, 0.1) is 6.61 Å². The Bertz CT molecular complexity index is 1070. The molecule has 0 spiro atoms. The third-order valence-corrected chi connectivity index (χ3v) is 5.60. The van der Waals surface area contributed by atoms with Gasteiger partial charge in [0.15, 0.2) is 0 Å². The van der Waals surface area contributed by atoms with Gasteiger partial charge in [0.1, 0.15) is 23.5 Å². The molecule has 0 aromatic heterocycles. The number of hydrogen-bond acceptors (Lipinski definition) is 4. The standard InChI is InChI=1S/C24H22BrFN2O2/c1-2-30-17-10-7-15(8-11-17)21-14-22(19-13-16(25)9-12-23(19)29)28-24(27-21)18-5-3-4-6-20(18)26/h3-13,22,24,28-29H,2,14H2,1H3. The number of phenolic OH excluding ortho intramolecular Hbond substituents is 1. The molecule has 0 saturated carbocycles. The van der Waals surface area contributed by atoms with E-state index in [0.717, 1.165) is 27.1 Å². The molecular formula is C24H22BrFN2O2. The summed E-state index contributed by atoms with van der Waals surface area (Å²) < 4.78 is 20.9. The van der Waals surface area contributed by atoms with Crippen LogP contribution in [0.25, 0.3) is 0 Å². The van der Waals surface area contributed by atoms with Crippen LogP contribution in [0.3, 0.4) is 0 Å². The molecular weight excluding hydrogens is 447 g/mol. The molecule has 1 aliphatic rings. The first kappa shape index (κ1) is 20.6. The number of rotatable bonds is 5. The minimum Gasteiger partial charge on any atom is -0.508 e. The van der Waals surface area contributed by atoms with Crippen LogP contribution in [0.4, 0.5) is 4.39 Å².